The van der Waals surface area contributed by atoms with Crippen LogP contribution < -0.4 is 4.74 Å². The number of piperazine rings is 1. The third kappa shape index (κ3) is 7.48. The zero-order valence-corrected chi connectivity index (χ0v) is 17.7. The molecule has 1 aliphatic heterocycles. The quantitative estimate of drug-likeness (QED) is 0.465. The van der Waals surface area contributed by atoms with Gasteiger partial charge in [0.05, 0.1) is 13.2 Å². The van der Waals surface area contributed by atoms with Gasteiger partial charge in [-0.3, -0.25) is 4.90 Å². The van der Waals surface area contributed by atoms with E-state index in [1.807, 2.05) is 42.5 Å². The van der Waals surface area contributed by atoms with Crippen molar-refractivity contribution in [2.45, 2.75) is 12.8 Å². The number of nitrogens with zero attached hydrogens (tertiary/aromatic N) is 2. The van der Waals surface area contributed by atoms with Crippen LogP contribution in [0.3, 0.4) is 0 Å². The van der Waals surface area contributed by atoms with Crippen molar-refractivity contribution in [3.05, 3.63) is 64.7 Å². The van der Waals surface area contributed by atoms with Gasteiger partial charge in [-0.25, -0.2) is 0 Å². The fourth-order valence-electron chi connectivity index (χ4n) is 3.54. The molecule has 2 aromatic rings. The Bertz CT molecular complexity index is 773. The van der Waals surface area contributed by atoms with Crippen LogP contribution in [0.15, 0.2) is 48.5 Å². The van der Waals surface area contributed by atoms with Gasteiger partial charge in [-0.05, 0) is 43.1 Å². The fourth-order valence-corrected chi connectivity index (χ4v) is 3.74. The van der Waals surface area contributed by atoms with E-state index < -0.39 is 0 Å². The summed E-state index contributed by atoms with van der Waals surface area (Å²) in [6.45, 7) is 7.21. The van der Waals surface area contributed by atoms with Crippen molar-refractivity contribution in [2.24, 2.45) is 0 Å². The van der Waals surface area contributed by atoms with Crippen molar-refractivity contribution >= 4 is 23.8 Å². The Morgan fingerprint density at radius 2 is 1.66 bits per heavy atom. The molecule has 156 valence electrons. The van der Waals surface area contributed by atoms with Crippen LogP contribution in [0, 0.1) is 0 Å². The number of halogens is 1. The molecule has 0 spiro atoms. The van der Waals surface area contributed by atoms with E-state index in [0.717, 1.165) is 80.6 Å². The zero-order valence-electron chi connectivity index (χ0n) is 17.0. The third-order valence-electron chi connectivity index (χ3n) is 5.23. The minimum atomic E-state index is 0.257. The normalized spacial score (nSPS) is 15.8. The largest absolute Gasteiger partial charge is 0.493 e. The number of unbranched alkanes of at least 4 members (excludes halogenated alkanes) is 1. The second-order valence-corrected chi connectivity index (χ2v) is 7.83. The van der Waals surface area contributed by atoms with Gasteiger partial charge in [0.2, 0.25) is 0 Å². The highest BCUT2D eigenvalue weighted by atomic mass is 35.5. The van der Waals surface area contributed by atoms with Gasteiger partial charge in [0, 0.05) is 43.3 Å². The van der Waals surface area contributed by atoms with Crippen LogP contribution in [0.25, 0.3) is 12.2 Å². The summed E-state index contributed by atoms with van der Waals surface area (Å²) in [4.78, 5) is 4.84. The summed E-state index contributed by atoms with van der Waals surface area (Å²) in [6.07, 6.45) is 6.32. The summed E-state index contributed by atoms with van der Waals surface area (Å²) in [7, 11) is 0. The van der Waals surface area contributed by atoms with Crippen molar-refractivity contribution in [1.29, 1.82) is 0 Å². The molecule has 5 heteroatoms. The maximum Gasteiger partial charge on any atom is 0.126 e. The molecule has 0 amide bonds. The summed E-state index contributed by atoms with van der Waals surface area (Å²) in [5, 5.41) is 9.76. The van der Waals surface area contributed by atoms with Crippen LogP contribution in [-0.2, 0) is 0 Å². The molecular weight excluding hydrogens is 384 g/mol. The Balaban J connectivity index is 1.40. The monoisotopic (exact) mass is 414 g/mol. The highest BCUT2D eigenvalue weighted by molar-refractivity contribution is 6.30. The number of benzene rings is 2. The first-order valence-corrected chi connectivity index (χ1v) is 10.8. The molecule has 0 atom stereocenters. The molecule has 1 N–H and O–H groups in total. The van der Waals surface area contributed by atoms with Crippen molar-refractivity contribution in [3.8, 4) is 5.75 Å². The first-order chi connectivity index (χ1) is 14.2. The Labute approximate surface area is 179 Å². The molecule has 0 unspecified atom stereocenters. The number of β-amino-alcohol motifs (C(OH)–C–C–N with tert-alkyl or cyclic N) is 1. The van der Waals surface area contributed by atoms with Gasteiger partial charge < -0.3 is 14.7 Å². The van der Waals surface area contributed by atoms with E-state index in [9.17, 15) is 0 Å². The van der Waals surface area contributed by atoms with Crippen LogP contribution in [0.1, 0.15) is 24.0 Å². The van der Waals surface area contributed by atoms with Gasteiger partial charge in [-0.1, -0.05) is 54.1 Å². The summed E-state index contributed by atoms with van der Waals surface area (Å²) in [6, 6.07) is 16.0. The molecule has 3 rings (SSSR count). The lowest BCUT2D eigenvalue weighted by Gasteiger charge is -2.34. The lowest BCUT2D eigenvalue weighted by Crippen LogP contribution is -2.47. The number of ether oxygens (including phenoxy) is 1. The first kappa shape index (κ1) is 21.8. The average molecular weight is 415 g/mol. The highest BCUT2D eigenvalue weighted by Gasteiger charge is 2.15. The maximum atomic E-state index is 9.02. The van der Waals surface area contributed by atoms with Crippen LogP contribution in [-0.4, -0.2) is 67.4 Å². The summed E-state index contributed by atoms with van der Waals surface area (Å²) >= 11 is 6.06. The standard InChI is InChI=1S/C24H31ClN2O2/c25-23-8-5-6-21(20-23)10-11-22-7-1-2-9-24(22)29-19-4-3-12-26-13-15-27(16-14-26)17-18-28/h1-2,5-11,20,28H,3-4,12-19H2/b11-10+. The van der Waals surface area contributed by atoms with Crippen molar-refractivity contribution in [3.63, 3.8) is 0 Å². The molecule has 2 aromatic carbocycles. The summed E-state index contributed by atoms with van der Waals surface area (Å²) < 4.78 is 6.06. The minimum Gasteiger partial charge on any atom is -0.493 e. The van der Waals surface area contributed by atoms with Crippen molar-refractivity contribution in [1.82, 2.24) is 9.80 Å². The van der Waals surface area contributed by atoms with Gasteiger partial charge in [-0.15, -0.1) is 0 Å². The molecule has 0 aliphatic carbocycles. The minimum absolute atomic E-state index is 0.257. The number of aliphatic hydroxyl groups is 1. The Hall–Kier alpha value is -1.85. The van der Waals surface area contributed by atoms with Crippen molar-refractivity contribution in [2.75, 3.05) is 52.5 Å². The molecule has 0 aromatic heterocycles. The molecule has 1 aliphatic rings. The van der Waals surface area contributed by atoms with Gasteiger partial charge in [0.25, 0.3) is 0 Å². The Kier molecular flexibility index (Phi) is 9.03. The SMILES string of the molecule is OCCN1CCN(CCCCOc2ccccc2/C=C/c2cccc(Cl)c2)CC1. The number of hydrogen-bond donors (Lipinski definition) is 1. The molecule has 4 nitrogen and oxygen atoms in total. The van der Waals surface area contributed by atoms with Crippen LogP contribution in [0.2, 0.25) is 5.02 Å². The Morgan fingerprint density at radius 1 is 0.897 bits per heavy atom. The maximum absolute atomic E-state index is 9.02. The fraction of sp³-hybridized carbons (Fsp3) is 0.417. The van der Waals surface area contributed by atoms with E-state index >= 15 is 0 Å². The molecule has 1 saturated heterocycles. The van der Waals surface area contributed by atoms with Gasteiger partial charge >= 0.3 is 0 Å². The van der Waals surface area contributed by atoms with Gasteiger partial charge in [-0.2, -0.15) is 0 Å². The van der Waals surface area contributed by atoms with E-state index in [4.69, 9.17) is 21.4 Å². The predicted molar refractivity (Wildman–Crippen MR) is 122 cm³/mol. The summed E-state index contributed by atoms with van der Waals surface area (Å²) in [5.41, 5.74) is 2.15. The smallest absolute Gasteiger partial charge is 0.126 e. The lowest BCUT2D eigenvalue weighted by atomic mass is 10.1. The molecule has 0 saturated carbocycles. The van der Waals surface area contributed by atoms with E-state index in [1.165, 1.54) is 0 Å². The molecular formula is C24H31ClN2O2. The van der Waals surface area contributed by atoms with E-state index in [0.29, 0.717) is 0 Å². The Morgan fingerprint density at radius 3 is 2.41 bits per heavy atom. The molecule has 1 heterocycles. The van der Waals surface area contributed by atoms with E-state index in [-0.39, 0.29) is 6.61 Å². The predicted octanol–water partition coefficient (Wildman–Crippen LogP) is 4.28. The number of hydrogen-bond acceptors (Lipinski definition) is 4. The lowest BCUT2D eigenvalue weighted by molar-refractivity contribution is 0.110. The molecule has 1 fully saturated rings. The average Bonchev–Trinajstić information content (AvgIpc) is 2.74. The summed E-state index contributed by atoms with van der Waals surface area (Å²) in [5.74, 6) is 0.920. The second kappa shape index (κ2) is 12.0. The zero-order chi connectivity index (χ0) is 20.3. The second-order valence-electron chi connectivity index (χ2n) is 7.39. The molecule has 29 heavy (non-hydrogen) atoms. The van der Waals surface area contributed by atoms with Crippen LogP contribution >= 0.6 is 11.6 Å². The van der Waals surface area contributed by atoms with Crippen LogP contribution in [0.5, 0.6) is 5.75 Å². The third-order valence-corrected chi connectivity index (χ3v) is 5.47. The molecule has 0 radical (unpaired) electrons. The van der Waals surface area contributed by atoms with Crippen LogP contribution in [0.4, 0.5) is 0 Å². The first-order valence-electron chi connectivity index (χ1n) is 10.5. The number of aliphatic hydroxyl groups excluding tert-OH is 1. The topological polar surface area (TPSA) is 35.9 Å². The van der Waals surface area contributed by atoms with E-state index in [2.05, 4.69) is 28.0 Å². The number of rotatable bonds is 10. The van der Waals surface area contributed by atoms with E-state index in [1.54, 1.807) is 0 Å². The van der Waals surface area contributed by atoms with Crippen molar-refractivity contribution < 1.29 is 9.84 Å². The highest BCUT2D eigenvalue weighted by Crippen LogP contribution is 2.22. The molecule has 0 bridgehead atoms. The number of para-hydroxylation sites is 1. The van der Waals surface area contributed by atoms with Gasteiger partial charge in [0.15, 0.2) is 0 Å². The van der Waals surface area contributed by atoms with Gasteiger partial charge in [0.1, 0.15) is 5.75 Å².